The van der Waals surface area contributed by atoms with E-state index in [4.69, 9.17) is 9.98 Å². The van der Waals surface area contributed by atoms with Gasteiger partial charge in [-0.15, -0.1) is 0 Å². The van der Waals surface area contributed by atoms with Gasteiger partial charge in [-0.25, -0.2) is 9.98 Å². The van der Waals surface area contributed by atoms with Crippen LogP contribution in [-0.2, 0) is 0 Å². The first-order valence-corrected chi connectivity index (χ1v) is 26.2. The summed E-state index contributed by atoms with van der Waals surface area (Å²) in [6.07, 6.45) is 3.91. The molecule has 0 bridgehead atoms. The summed E-state index contributed by atoms with van der Waals surface area (Å²) in [6.45, 7) is 0. The van der Waals surface area contributed by atoms with Gasteiger partial charge in [0.05, 0.1) is 33.5 Å². The minimum absolute atomic E-state index is 0.714. The molecule has 0 fully saturated rings. The van der Waals surface area contributed by atoms with Crippen molar-refractivity contribution in [2.24, 2.45) is 9.98 Å². The van der Waals surface area contributed by atoms with E-state index in [1.54, 1.807) is 0 Å². The highest BCUT2D eigenvalue weighted by Gasteiger charge is 2.21. The number of amidine groups is 1. The average Bonchev–Trinajstić information content (AvgIpc) is 4.04. The number of hydrogen-bond acceptors (Lipinski definition) is 2. The molecule has 76 heavy (non-hydrogen) atoms. The Labute approximate surface area is 442 Å². The Bertz CT molecular complexity index is 4430. The number of allylic oxidation sites excluding steroid dienone is 1. The molecule has 14 rings (SSSR count). The third-order valence-electron chi connectivity index (χ3n) is 15.0. The van der Waals surface area contributed by atoms with Crippen molar-refractivity contribution in [2.45, 2.75) is 12.8 Å². The quantitative estimate of drug-likeness (QED) is 0.138. The Balaban J connectivity index is 0.932. The fraction of sp³-hybridized carbons (Fsp3) is 0.0278. The highest BCUT2D eigenvalue weighted by molar-refractivity contribution is 6.18. The molecule has 4 heteroatoms. The SMILES string of the molecule is C1=C(c2cccc(-c3cccc4c3c3cc(-c5ccc6c(c5)c5ccccc5n6-c5cccc(-c6ccccc6)c5)ccc3n4-c3cccc(-c4ccccc4)c3)c2)/N=C(c2ccccc2)\N=C(\c2ccccc2)CC\1. The van der Waals surface area contributed by atoms with Crippen LogP contribution < -0.4 is 0 Å². The van der Waals surface area contributed by atoms with Gasteiger partial charge in [0.25, 0.3) is 0 Å². The molecule has 0 aliphatic carbocycles. The van der Waals surface area contributed by atoms with Gasteiger partial charge >= 0.3 is 0 Å². The van der Waals surface area contributed by atoms with Crippen LogP contribution in [0.15, 0.2) is 289 Å². The molecule has 0 unspecified atom stereocenters. The Kier molecular flexibility index (Phi) is 11.3. The van der Waals surface area contributed by atoms with Gasteiger partial charge < -0.3 is 9.13 Å². The lowest BCUT2D eigenvalue weighted by molar-refractivity contribution is 1.08. The number of nitrogens with zero attached hydrogens (tertiary/aromatic N) is 4. The third-order valence-corrected chi connectivity index (χ3v) is 15.0. The smallest absolute Gasteiger partial charge is 0.160 e. The third kappa shape index (κ3) is 8.14. The average molecular weight is 971 g/mol. The molecule has 0 atom stereocenters. The second-order valence-electron chi connectivity index (χ2n) is 19.6. The molecular formula is C72H50N4. The Morgan fingerprint density at radius 3 is 1.43 bits per heavy atom. The molecule has 0 N–H and O–H groups in total. The number of rotatable bonds is 9. The molecule has 1 aliphatic heterocycles. The Morgan fingerprint density at radius 1 is 0.289 bits per heavy atom. The Hall–Kier alpha value is -9.90. The van der Waals surface area contributed by atoms with Gasteiger partial charge in [0.1, 0.15) is 0 Å². The lowest BCUT2D eigenvalue weighted by atomic mass is 9.95. The zero-order valence-corrected chi connectivity index (χ0v) is 41.8. The number of fused-ring (bicyclic) bond motifs is 6. The summed E-state index contributed by atoms with van der Waals surface area (Å²) in [4.78, 5) is 10.7. The number of benzene rings is 11. The van der Waals surface area contributed by atoms with Crippen LogP contribution in [0.5, 0.6) is 0 Å². The number of aromatic nitrogens is 2. The summed E-state index contributed by atoms with van der Waals surface area (Å²) in [7, 11) is 0. The van der Waals surface area contributed by atoms with E-state index >= 15 is 0 Å². The van der Waals surface area contributed by atoms with Crippen molar-refractivity contribution in [2.75, 3.05) is 0 Å². The monoisotopic (exact) mass is 970 g/mol. The summed E-state index contributed by atoms with van der Waals surface area (Å²) in [5.74, 6) is 0.714. The van der Waals surface area contributed by atoms with E-state index in [0.717, 1.165) is 74.5 Å². The zero-order valence-electron chi connectivity index (χ0n) is 41.8. The first-order valence-electron chi connectivity index (χ1n) is 26.2. The van der Waals surface area contributed by atoms with Crippen LogP contribution in [0.1, 0.15) is 29.5 Å². The van der Waals surface area contributed by atoms with E-state index in [9.17, 15) is 0 Å². The largest absolute Gasteiger partial charge is 0.309 e. The van der Waals surface area contributed by atoms with Crippen molar-refractivity contribution in [3.8, 4) is 55.9 Å². The van der Waals surface area contributed by atoms with Crippen LogP contribution in [-0.4, -0.2) is 20.7 Å². The summed E-state index contributed by atoms with van der Waals surface area (Å²) in [5, 5.41) is 4.84. The summed E-state index contributed by atoms with van der Waals surface area (Å²) < 4.78 is 4.86. The lowest BCUT2D eigenvalue weighted by Gasteiger charge is -2.14. The molecule has 0 spiro atoms. The highest BCUT2D eigenvalue weighted by Crippen LogP contribution is 2.43. The minimum atomic E-state index is 0.714. The van der Waals surface area contributed by atoms with Crippen molar-refractivity contribution in [3.63, 3.8) is 0 Å². The van der Waals surface area contributed by atoms with E-state index in [1.165, 1.54) is 66.0 Å². The number of aliphatic imine (C=N–C) groups is 2. The molecule has 358 valence electrons. The van der Waals surface area contributed by atoms with Crippen LogP contribution in [0.25, 0.3) is 105 Å². The van der Waals surface area contributed by atoms with E-state index in [-0.39, 0.29) is 0 Å². The van der Waals surface area contributed by atoms with Crippen molar-refractivity contribution in [1.29, 1.82) is 0 Å². The van der Waals surface area contributed by atoms with Crippen molar-refractivity contribution in [1.82, 2.24) is 9.13 Å². The van der Waals surface area contributed by atoms with E-state index in [1.807, 2.05) is 6.07 Å². The van der Waals surface area contributed by atoms with Crippen molar-refractivity contribution >= 4 is 60.9 Å². The predicted octanol–water partition coefficient (Wildman–Crippen LogP) is 18.6. The first kappa shape index (κ1) is 44.8. The van der Waals surface area contributed by atoms with Crippen LogP contribution in [0.3, 0.4) is 0 Å². The molecular weight excluding hydrogens is 921 g/mol. The predicted molar refractivity (Wildman–Crippen MR) is 320 cm³/mol. The number of para-hydroxylation sites is 1. The maximum Gasteiger partial charge on any atom is 0.160 e. The van der Waals surface area contributed by atoms with Crippen molar-refractivity contribution < 1.29 is 0 Å². The molecule has 4 nitrogen and oxygen atoms in total. The standard InChI is InChI=1S/C72H50N4/c1-5-20-49(21-6-1)53-28-16-32-59(45-53)75-67-38-14-13-34-62(67)63-47-55(40-42-68(63)75)56-41-43-69-64(48-56)71-61(35-18-39-70(71)76(69)60-33-17-29-54(46-60)50-22-7-2-8-23-50)57-30-15-31-58(44-57)66-37-19-36-65(51-24-9-3-10-25-51)73-72(74-66)52-26-11-4-12-27-52/h1-18,20-35,37-48H,19,36H2/b66-37-,73-65+,74-72-. The molecule has 11 aromatic carbocycles. The van der Waals surface area contributed by atoms with Gasteiger partial charge in [-0.05, 0) is 130 Å². The van der Waals surface area contributed by atoms with Gasteiger partial charge in [-0.3, -0.25) is 0 Å². The van der Waals surface area contributed by atoms with Gasteiger partial charge in [0.15, 0.2) is 5.84 Å². The summed E-state index contributed by atoms with van der Waals surface area (Å²) in [5.41, 5.74) is 21.4. The second-order valence-corrected chi connectivity index (χ2v) is 19.6. The maximum atomic E-state index is 5.38. The van der Waals surface area contributed by atoms with E-state index in [0.29, 0.717) is 5.84 Å². The molecule has 2 aromatic heterocycles. The van der Waals surface area contributed by atoms with Crippen LogP contribution >= 0.6 is 0 Å². The molecule has 0 saturated carbocycles. The molecule has 1 aliphatic rings. The van der Waals surface area contributed by atoms with Crippen LogP contribution in [0, 0.1) is 0 Å². The fourth-order valence-electron chi connectivity index (χ4n) is 11.4. The molecule has 0 radical (unpaired) electrons. The highest BCUT2D eigenvalue weighted by atomic mass is 15.0. The fourth-order valence-corrected chi connectivity index (χ4v) is 11.4. The van der Waals surface area contributed by atoms with Crippen LogP contribution in [0.4, 0.5) is 0 Å². The maximum absolute atomic E-state index is 5.38. The molecule has 3 heterocycles. The van der Waals surface area contributed by atoms with Crippen molar-refractivity contribution in [3.05, 3.63) is 296 Å². The summed E-state index contributed by atoms with van der Waals surface area (Å²) >= 11 is 0. The van der Waals surface area contributed by atoms with E-state index in [2.05, 4.69) is 282 Å². The second kappa shape index (κ2) is 19.2. The molecule has 13 aromatic rings. The molecule has 0 amide bonds. The zero-order chi connectivity index (χ0) is 50.4. The Morgan fingerprint density at radius 2 is 0.763 bits per heavy atom. The first-order chi connectivity index (χ1) is 37.7. The van der Waals surface area contributed by atoms with E-state index < -0.39 is 0 Å². The lowest BCUT2D eigenvalue weighted by Crippen LogP contribution is -2.09. The normalized spacial score (nSPS) is 14.9. The number of hydrogen-bond donors (Lipinski definition) is 0. The van der Waals surface area contributed by atoms with Gasteiger partial charge in [0, 0.05) is 44.0 Å². The minimum Gasteiger partial charge on any atom is -0.309 e. The van der Waals surface area contributed by atoms with Gasteiger partial charge in [-0.1, -0.05) is 212 Å². The summed E-state index contributed by atoms with van der Waals surface area (Å²) in [6, 6.07) is 98.6. The topological polar surface area (TPSA) is 34.6 Å². The van der Waals surface area contributed by atoms with Crippen LogP contribution in [0.2, 0.25) is 0 Å². The molecule has 0 saturated heterocycles. The van der Waals surface area contributed by atoms with Gasteiger partial charge in [-0.2, -0.15) is 0 Å². The van der Waals surface area contributed by atoms with Gasteiger partial charge in [0.2, 0.25) is 0 Å².